The molecular formula is C8H14BO2. The average molecular weight is 153 g/mol. The Morgan fingerprint density at radius 2 is 1.45 bits per heavy atom. The molecule has 1 radical (unpaired) electrons. The Hall–Kier alpha value is -0.535. The zero-order valence-electron chi connectivity index (χ0n) is 6.79. The van der Waals surface area contributed by atoms with Gasteiger partial charge in [0.15, 0.2) is 0 Å². The summed E-state index contributed by atoms with van der Waals surface area (Å²) >= 11 is 0. The molecule has 0 rings (SSSR count). The smallest absolute Gasteiger partial charge is 0.413 e. The monoisotopic (exact) mass is 153 g/mol. The molecule has 0 bridgehead atoms. The lowest BCUT2D eigenvalue weighted by Gasteiger charge is -1.99. The molecule has 0 aromatic rings. The van der Waals surface area contributed by atoms with Crippen molar-refractivity contribution < 1.29 is 9.31 Å². The van der Waals surface area contributed by atoms with Gasteiger partial charge < -0.3 is 9.31 Å². The van der Waals surface area contributed by atoms with Crippen LogP contribution in [-0.4, -0.2) is 20.9 Å². The van der Waals surface area contributed by atoms with Gasteiger partial charge in [-0.3, -0.25) is 0 Å². The molecule has 61 valence electrons. The second kappa shape index (κ2) is 9.46. The van der Waals surface area contributed by atoms with E-state index in [0.717, 1.165) is 12.8 Å². The largest absolute Gasteiger partial charge is 0.488 e. The van der Waals surface area contributed by atoms with E-state index in [1.807, 2.05) is 0 Å². The van der Waals surface area contributed by atoms with Crippen LogP contribution in [0.3, 0.4) is 0 Å². The van der Waals surface area contributed by atoms with E-state index in [1.54, 1.807) is 12.2 Å². The second-order valence-corrected chi connectivity index (χ2v) is 1.99. The minimum absolute atomic E-state index is 0.636. The maximum atomic E-state index is 4.97. The van der Waals surface area contributed by atoms with E-state index >= 15 is 0 Å². The molecule has 0 heterocycles. The predicted molar refractivity (Wildman–Crippen MR) is 47.3 cm³/mol. The molecule has 0 aliphatic heterocycles. The first-order chi connectivity index (χ1) is 5.41. The van der Waals surface area contributed by atoms with Crippen molar-refractivity contribution >= 4 is 7.69 Å². The zero-order valence-corrected chi connectivity index (χ0v) is 6.79. The molecule has 0 saturated heterocycles. The highest BCUT2D eigenvalue weighted by Crippen LogP contribution is 1.84. The van der Waals surface area contributed by atoms with Gasteiger partial charge in [0.25, 0.3) is 0 Å². The molecule has 0 atom stereocenters. The minimum atomic E-state index is 0.636. The fourth-order valence-corrected chi connectivity index (χ4v) is 0.447. The van der Waals surface area contributed by atoms with Crippen LogP contribution in [-0.2, 0) is 9.31 Å². The van der Waals surface area contributed by atoms with E-state index in [1.165, 1.54) is 7.69 Å². The Morgan fingerprint density at radius 3 is 1.82 bits per heavy atom. The van der Waals surface area contributed by atoms with Crippen LogP contribution in [0.2, 0.25) is 0 Å². The van der Waals surface area contributed by atoms with Gasteiger partial charge in [0.1, 0.15) is 0 Å². The third kappa shape index (κ3) is 9.46. The number of rotatable bonds is 8. The summed E-state index contributed by atoms with van der Waals surface area (Å²) in [6.07, 6.45) is 5.30. The van der Waals surface area contributed by atoms with Gasteiger partial charge in [-0.05, 0) is 12.8 Å². The van der Waals surface area contributed by atoms with Gasteiger partial charge in [0.05, 0.1) is 0 Å². The lowest BCUT2D eigenvalue weighted by atomic mass is 10.3. The molecule has 0 saturated carbocycles. The van der Waals surface area contributed by atoms with E-state index in [-0.39, 0.29) is 0 Å². The van der Waals surface area contributed by atoms with Crippen molar-refractivity contribution in [3.05, 3.63) is 25.3 Å². The zero-order chi connectivity index (χ0) is 8.36. The summed E-state index contributed by atoms with van der Waals surface area (Å²) < 4.78 is 9.94. The lowest BCUT2D eigenvalue weighted by Crippen LogP contribution is -2.05. The summed E-state index contributed by atoms with van der Waals surface area (Å²) in [4.78, 5) is 0. The highest BCUT2D eigenvalue weighted by molar-refractivity contribution is 6.17. The highest BCUT2D eigenvalue weighted by Gasteiger charge is 1.90. The van der Waals surface area contributed by atoms with Gasteiger partial charge in [-0.1, -0.05) is 12.2 Å². The van der Waals surface area contributed by atoms with Gasteiger partial charge in [0.2, 0.25) is 0 Å². The summed E-state index contributed by atoms with van der Waals surface area (Å²) in [5.74, 6) is 0. The second-order valence-electron chi connectivity index (χ2n) is 1.99. The summed E-state index contributed by atoms with van der Waals surface area (Å²) in [5.41, 5.74) is 0. The third-order valence-corrected chi connectivity index (χ3v) is 1.02. The van der Waals surface area contributed by atoms with Crippen molar-refractivity contribution in [3.8, 4) is 0 Å². The molecule has 3 heteroatoms. The van der Waals surface area contributed by atoms with Gasteiger partial charge >= 0.3 is 7.69 Å². The van der Waals surface area contributed by atoms with Gasteiger partial charge in [-0.25, -0.2) is 0 Å². The highest BCUT2D eigenvalue weighted by atomic mass is 16.6. The van der Waals surface area contributed by atoms with Crippen molar-refractivity contribution in [1.29, 1.82) is 0 Å². The molecule has 2 nitrogen and oxygen atoms in total. The molecule has 0 fully saturated rings. The molecule has 0 aliphatic carbocycles. The number of hydrogen-bond acceptors (Lipinski definition) is 2. The van der Waals surface area contributed by atoms with Crippen LogP contribution in [0, 0.1) is 0 Å². The van der Waals surface area contributed by atoms with E-state index in [9.17, 15) is 0 Å². The molecule has 0 aromatic carbocycles. The molecular weight excluding hydrogens is 139 g/mol. The summed E-state index contributed by atoms with van der Waals surface area (Å²) in [5, 5.41) is 0. The van der Waals surface area contributed by atoms with Crippen LogP contribution < -0.4 is 0 Å². The normalized spacial score (nSPS) is 9.09. The fraction of sp³-hybridized carbons (Fsp3) is 0.500. The maximum Gasteiger partial charge on any atom is 0.488 e. The van der Waals surface area contributed by atoms with Crippen molar-refractivity contribution in [1.82, 2.24) is 0 Å². The van der Waals surface area contributed by atoms with Gasteiger partial charge in [-0.15, -0.1) is 13.2 Å². The van der Waals surface area contributed by atoms with E-state index in [2.05, 4.69) is 13.2 Å². The van der Waals surface area contributed by atoms with E-state index < -0.39 is 0 Å². The number of hydrogen-bond donors (Lipinski definition) is 0. The molecule has 11 heavy (non-hydrogen) atoms. The molecule has 0 spiro atoms. The van der Waals surface area contributed by atoms with Crippen LogP contribution in [0.5, 0.6) is 0 Å². The quantitative estimate of drug-likeness (QED) is 0.300. The van der Waals surface area contributed by atoms with Crippen LogP contribution in [0.1, 0.15) is 12.8 Å². The molecule has 0 unspecified atom stereocenters. The Labute approximate surface area is 69.2 Å². The van der Waals surface area contributed by atoms with Crippen LogP contribution >= 0.6 is 0 Å². The Balaban J connectivity index is 2.79. The fourth-order valence-electron chi connectivity index (χ4n) is 0.447. The van der Waals surface area contributed by atoms with Crippen molar-refractivity contribution in [2.75, 3.05) is 13.2 Å². The average Bonchev–Trinajstić information content (AvgIpc) is 2.03. The van der Waals surface area contributed by atoms with Gasteiger partial charge in [0, 0.05) is 13.2 Å². The van der Waals surface area contributed by atoms with Crippen molar-refractivity contribution in [3.63, 3.8) is 0 Å². The first kappa shape index (κ1) is 10.5. The van der Waals surface area contributed by atoms with Crippen molar-refractivity contribution in [2.24, 2.45) is 0 Å². The summed E-state index contributed by atoms with van der Waals surface area (Å²) in [6.45, 7) is 8.39. The topological polar surface area (TPSA) is 18.5 Å². The molecule has 0 aliphatic rings. The first-order valence-electron chi connectivity index (χ1n) is 3.68. The summed E-state index contributed by atoms with van der Waals surface area (Å²) in [6, 6.07) is 0. The van der Waals surface area contributed by atoms with Crippen LogP contribution in [0.15, 0.2) is 25.3 Å². The first-order valence-corrected chi connectivity index (χ1v) is 3.68. The molecule has 0 amide bonds. The Morgan fingerprint density at radius 1 is 1.00 bits per heavy atom. The SMILES string of the molecule is C=CCCO[B]OCCC=C. The third-order valence-electron chi connectivity index (χ3n) is 1.02. The summed E-state index contributed by atoms with van der Waals surface area (Å²) in [7, 11) is 1.37. The van der Waals surface area contributed by atoms with Gasteiger partial charge in [-0.2, -0.15) is 0 Å². The van der Waals surface area contributed by atoms with Crippen LogP contribution in [0.4, 0.5) is 0 Å². The Bertz CT molecular complexity index is 92.3. The van der Waals surface area contributed by atoms with Crippen LogP contribution in [0.25, 0.3) is 0 Å². The molecule has 0 aromatic heterocycles. The standard InChI is InChI=1S/C8H14BO2/c1-3-5-7-10-9-11-8-6-4-2/h3-4H,1-2,5-8H2. The van der Waals surface area contributed by atoms with E-state index in [0.29, 0.717) is 13.2 Å². The lowest BCUT2D eigenvalue weighted by molar-refractivity contribution is 0.228. The molecule has 0 N–H and O–H groups in total. The maximum absolute atomic E-state index is 4.97. The predicted octanol–water partition coefficient (Wildman–Crippen LogP) is 1.71. The van der Waals surface area contributed by atoms with E-state index in [4.69, 9.17) is 9.31 Å². The minimum Gasteiger partial charge on any atom is -0.413 e. The van der Waals surface area contributed by atoms with Crippen molar-refractivity contribution in [2.45, 2.75) is 12.8 Å². The Kier molecular flexibility index (Phi) is 9.00.